The Bertz CT molecular complexity index is 1540. The van der Waals surface area contributed by atoms with Crippen LogP contribution in [-0.2, 0) is 0 Å². The van der Waals surface area contributed by atoms with Gasteiger partial charge in [0.25, 0.3) is 0 Å². The van der Waals surface area contributed by atoms with Gasteiger partial charge in [0.1, 0.15) is 0 Å². The van der Waals surface area contributed by atoms with Crippen molar-refractivity contribution in [2.75, 3.05) is 0 Å². The van der Waals surface area contributed by atoms with Crippen LogP contribution >= 0.6 is 23.2 Å². The van der Waals surface area contributed by atoms with Gasteiger partial charge < -0.3 is 0 Å². The molecule has 208 valence electrons. The summed E-state index contributed by atoms with van der Waals surface area (Å²) in [6.45, 7) is 13.5. The van der Waals surface area contributed by atoms with Crippen LogP contribution in [0.5, 0.6) is 0 Å². The normalized spacial score (nSPS) is 18.0. The van der Waals surface area contributed by atoms with Gasteiger partial charge in [-0.3, -0.25) is 0 Å². The predicted molar refractivity (Wildman–Crippen MR) is 179 cm³/mol. The van der Waals surface area contributed by atoms with E-state index in [1.54, 1.807) is 0 Å². The molecule has 0 bridgehead atoms. The number of halogens is 2. The molecule has 4 aromatic carbocycles. The van der Waals surface area contributed by atoms with Gasteiger partial charge in [-0.15, -0.1) is 23.2 Å². The Morgan fingerprint density at radius 3 is 1.24 bits per heavy atom. The van der Waals surface area contributed by atoms with E-state index in [1.807, 2.05) is 0 Å². The first-order valence-corrected chi connectivity index (χ1v) is 15.6. The van der Waals surface area contributed by atoms with Gasteiger partial charge in [0.15, 0.2) is 0 Å². The Morgan fingerprint density at radius 2 is 0.902 bits per heavy atom. The Labute approximate surface area is 255 Å². The van der Waals surface area contributed by atoms with Crippen LogP contribution in [0.15, 0.2) is 96.1 Å². The van der Waals surface area contributed by atoms with Gasteiger partial charge in [0, 0.05) is 5.41 Å². The molecule has 0 aliphatic heterocycles. The van der Waals surface area contributed by atoms with Gasteiger partial charge in [0.2, 0.25) is 0 Å². The van der Waals surface area contributed by atoms with E-state index in [4.69, 9.17) is 23.2 Å². The van der Waals surface area contributed by atoms with Crippen molar-refractivity contribution in [3.8, 4) is 22.3 Å². The molecule has 6 rings (SSSR count). The maximum atomic E-state index is 7.29. The standard InChI is InChI=1S/C39H38Cl2/c1-23(2)25-13-17-27(18-14-25)29-9-7-11-31-33(29)21-35(37(31)40)39(5,6)36-22-34-30(10-8-12-32(34)38(36)41)28-19-15-26(16-20-28)24(3)4/h7-24,37-38H,1-6H3. The molecule has 2 atom stereocenters. The lowest BCUT2D eigenvalue weighted by molar-refractivity contribution is 0.519. The maximum absolute atomic E-state index is 7.29. The molecule has 0 amide bonds. The molecule has 2 unspecified atom stereocenters. The van der Waals surface area contributed by atoms with Gasteiger partial charge in [-0.1, -0.05) is 139 Å². The van der Waals surface area contributed by atoms with Crippen molar-refractivity contribution in [1.82, 2.24) is 0 Å². The predicted octanol–water partition coefficient (Wildman–Crippen LogP) is 12.3. The first-order chi connectivity index (χ1) is 19.6. The van der Waals surface area contributed by atoms with Gasteiger partial charge >= 0.3 is 0 Å². The van der Waals surface area contributed by atoms with Gasteiger partial charge in [-0.2, -0.15) is 0 Å². The van der Waals surface area contributed by atoms with Crippen LogP contribution in [0.25, 0.3) is 34.4 Å². The summed E-state index contributed by atoms with van der Waals surface area (Å²) in [5.41, 5.74) is 14.5. The summed E-state index contributed by atoms with van der Waals surface area (Å²) >= 11 is 14.6. The Balaban J connectivity index is 1.39. The third-order valence-corrected chi connectivity index (χ3v) is 10.1. The highest BCUT2D eigenvalue weighted by molar-refractivity contribution is 6.26. The fourth-order valence-corrected chi connectivity index (χ4v) is 7.53. The summed E-state index contributed by atoms with van der Waals surface area (Å²) in [5, 5.41) is -0.405. The van der Waals surface area contributed by atoms with Crippen LogP contribution in [0.2, 0.25) is 0 Å². The minimum Gasteiger partial charge on any atom is -0.113 e. The molecule has 2 aliphatic carbocycles. The lowest BCUT2D eigenvalue weighted by Gasteiger charge is -2.32. The minimum absolute atomic E-state index is 0.202. The molecule has 0 spiro atoms. The maximum Gasteiger partial charge on any atom is 0.0813 e. The van der Waals surface area contributed by atoms with Gasteiger partial charge in [-0.05, 0) is 78.6 Å². The molecule has 0 saturated heterocycles. The molecule has 0 fully saturated rings. The zero-order valence-electron chi connectivity index (χ0n) is 24.8. The monoisotopic (exact) mass is 576 g/mol. The van der Waals surface area contributed by atoms with Crippen LogP contribution in [0, 0.1) is 5.41 Å². The highest BCUT2D eigenvalue weighted by atomic mass is 35.5. The lowest BCUT2D eigenvalue weighted by Crippen LogP contribution is -2.20. The number of allylic oxidation sites excluding steroid dienone is 2. The van der Waals surface area contributed by atoms with Crippen molar-refractivity contribution in [2.45, 2.75) is 64.1 Å². The third-order valence-electron chi connectivity index (χ3n) is 9.19. The molecule has 2 aliphatic rings. The smallest absolute Gasteiger partial charge is 0.0813 e. The molecule has 4 aromatic rings. The quantitative estimate of drug-likeness (QED) is 0.200. The summed E-state index contributed by atoms with van der Waals surface area (Å²) in [5.74, 6) is 1.02. The summed E-state index contributed by atoms with van der Waals surface area (Å²) in [6.07, 6.45) is 4.66. The van der Waals surface area contributed by atoms with E-state index in [1.165, 1.54) is 66.8 Å². The highest BCUT2D eigenvalue weighted by Crippen LogP contribution is 2.58. The highest BCUT2D eigenvalue weighted by Gasteiger charge is 2.42. The van der Waals surface area contributed by atoms with Crippen molar-refractivity contribution in [3.05, 3.63) is 129 Å². The summed E-state index contributed by atoms with van der Waals surface area (Å²) in [7, 11) is 0. The van der Waals surface area contributed by atoms with E-state index >= 15 is 0 Å². The summed E-state index contributed by atoms with van der Waals surface area (Å²) < 4.78 is 0. The second-order valence-electron chi connectivity index (χ2n) is 12.7. The molecular formula is C39H38Cl2. The first-order valence-electron chi connectivity index (χ1n) is 14.8. The number of hydrogen-bond donors (Lipinski definition) is 0. The molecule has 0 saturated carbocycles. The van der Waals surface area contributed by atoms with Crippen molar-refractivity contribution in [3.63, 3.8) is 0 Å². The largest absolute Gasteiger partial charge is 0.113 e. The molecule has 0 heterocycles. The van der Waals surface area contributed by atoms with Gasteiger partial charge in [-0.25, -0.2) is 0 Å². The van der Waals surface area contributed by atoms with Crippen LogP contribution in [0.3, 0.4) is 0 Å². The number of fused-ring (bicyclic) bond motifs is 2. The van der Waals surface area contributed by atoms with Crippen LogP contribution in [0.1, 0.15) is 97.5 Å². The molecule has 0 nitrogen and oxygen atoms in total. The lowest BCUT2D eigenvalue weighted by atomic mass is 9.75. The zero-order valence-corrected chi connectivity index (χ0v) is 26.3. The van der Waals surface area contributed by atoms with E-state index in [9.17, 15) is 0 Å². The summed E-state index contributed by atoms with van der Waals surface area (Å²) in [4.78, 5) is 0. The van der Waals surface area contributed by atoms with Crippen LogP contribution in [0.4, 0.5) is 0 Å². The average Bonchev–Trinajstić information content (AvgIpc) is 3.51. The third kappa shape index (κ3) is 4.80. The number of rotatable bonds is 6. The van der Waals surface area contributed by atoms with Crippen LogP contribution in [-0.4, -0.2) is 0 Å². The molecule has 0 radical (unpaired) electrons. The van der Waals surface area contributed by atoms with E-state index in [2.05, 4.69) is 139 Å². The number of benzene rings is 4. The average molecular weight is 578 g/mol. The molecule has 41 heavy (non-hydrogen) atoms. The van der Waals surface area contributed by atoms with E-state index in [-0.39, 0.29) is 16.2 Å². The number of alkyl halides is 2. The topological polar surface area (TPSA) is 0 Å². The number of hydrogen-bond acceptors (Lipinski definition) is 0. The van der Waals surface area contributed by atoms with E-state index in [0.717, 1.165) is 0 Å². The van der Waals surface area contributed by atoms with Crippen LogP contribution < -0.4 is 0 Å². The van der Waals surface area contributed by atoms with E-state index in [0.29, 0.717) is 11.8 Å². The first kappa shape index (κ1) is 28.1. The zero-order chi connectivity index (χ0) is 29.1. The SMILES string of the molecule is CC(C)c1ccc(-c2cccc3c2C=C(C(C)(C)C2=Cc4c(-c5ccc(C(C)C)cc5)cccc4C2Cl)C3Cl)cc1. The Hall–Kier alpha value is -3.06. The Kier molecular flexibility index (Phi) is 7.29. The summed E-state index contributed by atoms with van der Waals surface area (Å²) in [6, 6.07) is 31.0. The Morgan fingerprint density at radius 1 is 0.537 bits per heavy atom. The van der Waals surface area contributed by atoms with Crippen molar-refractivity contribution in [2.24, 2.45) is 5.41 Å². The molecular weight excluding hydrogens is 539 g/mol. The van der Waals surface area contributed by atoms with Crippen molar-refractivity contribution < 1.29 is 0 Å². The second kappa shape index (κ2) is 10.6. The fraction of sp³-hybridized carbons (Fsp3) is 0.282. The molecule has 2 heteroatoms. The minimum atomic E-state index is -0.325. The molecule has 0 aromatic heterocycles. The second-order valence-corrected chi connectivity index (χ2v) is 13.6. The fourth-order valence-electron chi connectivity index (χ4n) is 6.48. The molecule has 0 N–H and O–H groups in total. The van der Waals surface area contributed by atoms with Crippen molar-refractivity contribution in [1.29, 1.82) is 0 Å². The van der Waals surface area contributed by atoms with Crippen molar-refractivity contribution >= 4 is 35.4 Å². The van der Waals surface area contributed by atoms with Gasteiger partial charge in [0.05, 0.1) is 10.8 Å². The van der Waals surface area contributed by atoms with E-state index < -0.39 is 0 Å².